The van der Waals surface area contributed by atoms with Crippen molar-refractivity contribution in [2.75, 3.05) is 6.79 Å². The molecule has 24 heavy (non-hydrogen) atoms. The summed E-state index contributed by atoms with van der Waals surface area (Å²) < 4.78 is 16.8. The summed E-state index contributed by atoms with van der Waals surface area (Å²) in [6.45, 7) is 2.14. The van der Waals surface area contributed by atoms with Crippen LogP contribution in [0.4, 0.5) is 0 Å². The van der Waals surface area contributed by atoms with Gasteiger partial charge in [-0.05, 0) is 42.3 Å². The largest absolute Gasteiger partial charge is 0.454 e. The third kappa shape index (κ3) is 2.59. The Kier molecular flexibility index (Phi) is 3.61. The summed E-state index contributed by atoms with van der Waals surface area (Å²) in [6.07, 6.45) is 1.67. The SMILES string of the molecule is Cc1ccccc1C1=N/C(=C\c2cc3c(cc2Br)OCO3)C(=O)O1. The lowest BCUT2D eigenvalue weighted by atomic mass is 10.1. The van der Waals surface area contributed by atoms with Gasteiger partial charge in [0, 0.05) is 10.0 Å². The Balaban J connectivity index is 1.73. The van der Waals surface area contributed by atoms with Crippen molar-refractivity contribution in [3.05, 3.63) is 63.3 Å². The first-order valence-electron chi connectivity index (χ1n) is 7.29. The van der Waals surface area contributed by atoms with Gasteiger partial charge < -0.3 is 14.2 Å². The molecule has 5 nitrogen and oxygen atoms in total. The molecule has 0 fully saturated rings. The Morgan fingerprint density at radius 3 is 2.71 bits per heavy atom. The average Bonchev–Trinajstić information content (AvgIpc) is 3.15. The van der Waals surface area contributed by atoms with E-state index in [2.05, 4.69) is 20.9 Å². The van der Waals surface area contributed by atoms with Gasteiger partial charge in [-0.3, -0.25) is 0 Å². The van der Waals surface area contributed by atoms with Gasteiger partial charge in [-0.15, -0.1) is 0 Å². The Labute approximate surface area is 146 Å². The molecule has 120 valence electrons. The second-order valence-corrected chi connectivity index (χ2v) is 6.23. The van der Waals surface area contributed by atoms with Gasteiger partial charge in [0.05, 0.1) is 0 Å². The molecular weight excluding hydrogens is 374 g/mol. The fourth-order valence-corrected chi connectivity index (χ4v) is 2.96. The highest BCUT2D eigenvalue weighted by Crippen LogP contribution is 2.38. The summed E-state index contributed by atoms with van der Waals surface area (Å²) in [5.41, 5.74) is 2.81. The molecule has 0 saturated heterocycles. The number of ether oxygens (including phenoxy) is 3. The third-order valence-electron chi connectivity index (χ3n) is 3.78. The standard InChI is InChI=1S/C18H12BrNO4/c1-10-4-2-3-5-12(10)17-20-14(18(21)24-17)6-11-7-15-16(8-13(11)19)23-9-22-15/h2-8H,9H2,1H3/b14-6-. The summed E-state index contributed by atoms with van der Waals surface area (Å²) >= 11 is 3.47. The van der Waals surface area contributed by atoms with E-state index in [1.165, 1.54) is 0 Å². The van der Waals surface area contributed by atoms with Crippen LogP contribution in [0.3, 0.4) is 0 Å². The molecule has 0 aliphatic carbocycles. The summed E-state index contributed by atoms with van der Waals surface area (Å²) in [5, 5.41) is 0. The van der Waals surface area contributed by atoms with E-state index in [4.69, 9.17) is 14.2 Å². The number of aliphatic imine (C=N–C) groups is 1. The van der Waals surface area contributed by atoms with E-state index in [-0.39, 0.29) is 12.5 Å². The zero-order valence-corrected chi connectivity index (χ0v) is 14.3. The van der Waals surface area contributed by atoms with Crippen molar-refractivity contribution in [3.63, 3.8) is 0 Å². The zero-order valence-electron chi connectivity index (χ0n) is 12.7. The molecule has 0 unspecified atom stereocenters. The number of carbonyl (C=O) groups excluding carboxylic acids is 1. The molecule has 0 radical (unpaired) electrons. The van der Waals surface area contributed by atoms with Crippen molar-refractivity contribution in [2.24, 2.45) is 4.99 Å². The van der Waals surface area contributed by atoms with Gasteiger partial charge in [0.1, 0.15) is 0 Å². The lowest BCUT2D eigenvalue weighted by Gasteiger charge is -2.02. The maximum absolute atomic E-state index is 12.1. The molecule has 0 atom stereocenters. The van der Waals surface area contributed by atoms with Crippen molar-refractivity contribution < 1.29 is 19.0 Å². The number of hydrogen-bond acceptors (Lipinski definition) is 5. The molecule has 2 aliphatic rings. The van der Waals surface area contributed by atoms with Gasteiger partial charge in [-0.2, -0.15) is 0 Å². The lowest BCUT2D eigenvalue weighted by Crippen LogP contribution is -2.06. The number of carbonyl (C=O) groups is 1. The van der Waals surface area contributed by atoms with Crippen LogP contribution in [0.15, 0.2) is 51.6 Å². The number of fused-ring (bicyclic) bond motifs is 1. The van der Waals surface area contributed by atoms with Crippen molar-refractivity contribution in [1.29, 1.82) is 0 Å². The maximum Gasteiger partial charge on any atom is 0.363 e. The molecule has 0 bridgehead atoms. The summed E-state index contributed by atoms with van der Waals surface area (Å²) in [7, 11) is 0. The first-order valence-corrected chi connectivity index (χ1v) is 8.09. The van der Waals surface area contributed by atoms with E-state index < -0.39 is 5.97 Å². The minimum absolute atomic E-state index is 0.194. The molecule has 2 aromatic rings. The molecule has 2 aliphatic heterocycles. The number of benzene rings is 2. The van der Waals surface area contributed by atoms with Gasteiger partial charge in [0.2, 0.25) is 12.7 Å². The van der Waals surface area contributed by atoms with Crippen molar-refractivity contribution in [3.8, 4) is 11.5 Å². The fourth-order valence-electron chi connectivity index (χ4n) is 2.53. The van der Waals surface area contributed by atoms with Crippen molar-refractivity contribution >= 4 is 33.9 Å². The number of aryl methyl sites for hydroxylation is 1. The van der Waals surface area contributed by atoms with E-state index >= 15 is 0 Å². The highest BCUT2D eigenvalue weighted by atomic mass is 79.9. The van der Waals surface area contributed by atoms with Crippen LogP contribution in [0, 0.1) is 6.92 Å². The number of halogens is 1. The topological polar surface area (TPSA) is 57.1 Å². The second kappa shape index (κ2) is 5.79. The van der Waals surface area contributed by atoms with Gasteiger partial charge in [0.15, 0.2) is 17.2 Å². The smallest absolute Gasteiger partial charge is 0.363 e. The molecule has 0 N–H and O–H groups in total. The van der Waals surface area contributed by atoms with E-state index in [0.29, 0.717) is 17.4 Å². The van der Waals surface area contributed by atoms with Crippen LogP contribution in [-0.4, -0.2) is 18.7 Å². The van der Waals surface area contributed by atoms with Crippen LogP contribution < -0.4 is 9.47 Å². The fraction of sp³-hybridized carbons (Fsp3) is 0.111. The highest BCUT2D eigenvalue weighted by Gasteiger charge is 2.25. The Hall–Kier alpha value is -2.60. The summed E-state index contributed by atoms with van der Waals surface area (Å²) in [6, 6.07) is 11.2. The van der Waals surface area contributed by atoms with Crippen LogP contribution in [0.2, 0.25) is 0 Å². The van der Waals surface area contributed by atoms with E-state index in [1.54, 1.807) is 18.2 Å². The Morgan fingerprint density at radius 2 is 1.92 bits per heavy atom. The zero-order chi connectivity index (χ0) is 16.7. The van der Waals surface area contributed by atoms with Gasteiger partial charge in [-0.1, -0.05) is 34.1 Å². The van der Waals surface area contributed by atoms with Gasteiger partial charge >= 0.3 is 5.97 Å². The first-order chi connectivity index (χ1) is 11.6. The molecule has 2 heterocycles. The minimum atomic E-state index is -0.474. The number of cyclic esters (lactones) is 1. The normalized spacial score (nSPS) is 17.2. The first kappa shape index (κ1) is 15.0. The second-order valence-electron chi connectivity index (χ2n) is 5.38. The summed E-state index contributed by atoms with van der Waals surface area (Å²) in [4.78, 5) is 16.5. The maximum atomic E-state index is 12.1. The molecular formula is C18H12BrNO4. The van der Waals surface area contributed by atoms with Crippen LogP contribution in [0.1, 0.15) is 16.7 Å². The van der Waals surface area contributed by atoms with Crippen LogP contribution in [0.25, 0.3) is 6.08 Å². The van der Waals surface area contributed by atoms with Gasteiger partial charge in [0.25, 0.3) is 0 Å². The van der Waals surface area contributed by atoms with Crippen molar-refractivity contribution in [2.45, 2.75) is 6.92 Å². The third-order valence-corrected chi connectivity index (χ3v) is 4.47. The predicted molar refractivity (Wildman–Crippen MR) is 92.1 cm³/mol. The van der Waals surface area contributed by atoms with Crippen molar-refractivity contribution in [1.82, 2.24) is 0 Å². The van der Waals surface area contributed by atoms with Gasteiger partial charge in [-0.25, -0.2) is 9.79 Å². The molecule has 2 aromatic carbocycles. The molecule has 0 spiro atoms. The molecule has 0 aromatic heterocycles. The number of esters is 1. The number of nitrogens with zero attached hydrogens (tertiary/aromatic N) is 1. The van der Waals surface area contributed by atoms with Crippen LogP contribution >= 0.6 is 15.9 Å². The highest BCUT2D eigenvalue weighted by molar-refractivity contribution is 9.10. The minimum Gasteiger partial charge on any atom is -0.454 e. The Bertz CT molecular complexity index is 917. The molecule has 6 heteroatoms. The van der Waals surface area contributed by atoms with E-state index in [0.717, 1.165) is 21.2 Å². The van der Waals surface area contributed by atoms with Crippen LogP contribution in [0.5, 0.6) is 11.5 Å². The predicted octanol–water partition coefficient (Wildman–Crippen LogP) is 3.83. The Morgan fingerprint density at radius 1 is 1.17 bits per heavy atom. The number of hydrogen-bond donors (Lipinski definition) is 0. The van der Waals surface area contributed by atoms with E-state index in [9.17, 15) is 4.79 Å². The lowest BCUT2D eigenvalue weighted by molar-refractivity contribution is -0.129. The van der Waals surface area contributed by atoms with Crippen LogP contribution in [-0.2, 0) is 9.53 Å². The molecule has 0 amide bonds. The number of rotatable bonds is 2. The van der Waals surface area contributed by atoms with E-state index in [1.807, 2.05) is 31.2 Å². The average molecular weight is 386 g/mol. The molecule has 0 saturated carbocycles. The monoisotopic (exact) mass is 385 g/mol. The quantitative estimate of drug-likeness (QED) is 0.582. The summed E-state index contributed by atoms with van der Waals surface area (Å²) in [5.74, 6) is 1.15. The molecule has 4 rings (SSSR count).